The second-order valence-corrected chi connectivity index (χ2v) is 6.78. The molecule has 0 unspecified atom stereocenters. The van der Waals surface area contributed by atoms with Gasteiger partial charge in [0.05, 0.1) is 13.2 Å². The number of nitrogens with one attached hydrogen (secondary N) is 1. The SMILES string of the molecule is Nc1nc(Nc2cccc(OC(F)(F)C(F)F)c2)ncc1CCCN1CCOCC1. The van der Waals surface area contributed by atoms with Crippen LogP contribution < -0.4 is 15.8 Å². The molecule has 11 heteroatoms. The van der Waals surface area contributed by atoms with Crippen LogP contribution in [0.25, 0.3) is 0 Å². The molecule has 0 amide bonds. The molecule has 3 rings (SSSR count). The summed E-state index contributed by atoms with van der Waals surface area (Å²) in [5, 5.41) is 2.80. The molecule has 1 aromatic carbocycles. The lowest BCUT2D eigenvalue weighted by Crippen LogP contribution is -2.36. The monoisotopic (exact) mass is 429 g/mol. The molecular formula is C19H23F4N5O2. The van der Waals surface area contributed by atoms with Gasteiger partial charge in [0.1, 0.15) is 11.6 Å². The fourth-order valence-electron chi connectivity index (χ4n) is 2.96. The van der Waals surface area contributed by atoms with Crippen molar-refractivity contribution in [3.8, 4) is 5.75 Å². The fourth-order valence-corrected chi connectivity index (χ4v) is 2.96. The number of nitrogens with two attached hydrogens (primary N) is 1. The number of nitrogens with zero attached hydrogens (tertiary/aromatic N) is 3. The van der Waals surface area contributed by atoms with Crippen LogP contribution in [0.4, 0.5) is 35.0 Å². The summed E-state index contributed by atoms with van der Waals surface area (Å²) >= 11 is 0. The van der Waals surface area contributed by atoms with Gasteiger partial charge in [-0.15, -0.1) is 0 Å². The molecule has 2 heterocycles. The highest BCUT2D eigenvalue weighted by atomic mass is 19.3. The van der Waals surface area contributed by atoms with Gasteiger partial charge < -0.3 is 20.5 Å². The van der Waals surface area contributed by atoms with E-state index in [9.17, 15) is 17.6 Å². The molecule has 1 saturated heterocycles. The van der Waals surface area contributed by atoms with Crippen molar-refractivity contribution >= 4 is 17.5 Å². The van der Waals surface area contributed by atoms with Gasteiger partial charge in [0, 0.05) is 36.6 Å². The molecule has 1 aliphatic rings. The molecule has 0 bridgehead atoms. The minimum absolute atomic E-state index is 0.155. The van der Waals surface area contributed by atoms with Crippen molar-refractivity contribution < 1.29 is 27.0 Å². The Bertz CT molecular complexity index is 834. The van der Waals surface area contributed by atoms with Crippen LogP contribution >= 0.6 is 0 Å². The average Bonchev–Trinajstić information content (AvgIpc) is 2.70. The van der Waals surface area contributed by atoms with Crippen molar-refractivity contribution in [2.24, 2.45) is 0 Å². The summed E-state index contributed by atoms with van der Waals surface area (Å²) in [6.07, 6.45) is -5.29. The first-order chi connectivity index (χ1) is 14.3. The third-order valence-electron chi connectivity index (χ3n) is 4.52. The van der Waals surface area contributed by atoms with Gasteiger partial charge in [-0.1, -0.05) is 6.07 Å². The van der Waals surface area contributed by atoms with Crippen LogP contribution in [0, 0.1) is 0 Å². The van der Waals surface area contributed by atoms with Crippen LogP contribution in [0.15, 0.2) is 30.5 Å². The molecular weight excluding hydrogens is 406 g/mol. The van der Waals surface area contributed by atoms with Crippen molar-refractivity contribution in [2.45, 2.75) is 25.4 Å². The number of rotatable bonds is 9. The molecule has 0 aliphatic carbocycles. The first kappa shape index (κ1) is 22.0. The van der Waals surface area contributed by atoms with E-state index in [0.717, 1.165) is 63.4 Å². The lowest BCUT2D eigenvalue weighted by Gasteiger charge is -2.26. The molecule has 0 spiro atoms. The van der Waals surface area contributed by atoms with Crippen LogP contribution in [0.1, 0.15) is 12.0 Å². The quantitative estimate of drug-likeness (QED) is 0.592. The largest absolute Gasteiger partial charge is 0.461 e. The number of aromatic nitrogens is 2. The number of nitrogen functional groups attached to an aromatic ring is 1. The van der Waals surface area contributed by atoms with E-state index in [-0.39, 0.29) is 11.6 Å². The van der Waals surface area contributed by atoms with Crippen molar-refractivity contribution in [1.82, 2.24) is 14.9 Å². The third-order valence-corrected chi connectivity index (χ3v) is 4.52. The van der Waals surface area contributed by atoms with E-state index in [0.29, 0.717) is 5.82 Å². The number of halogens is 4. The molecule has 30 heavy (non-hydrogen) atoms. The molecule has 3 N–H and O–H groups in total. The maximum Gasteiger partial charge on any atom is 0.461 e. The molecule has 1 aromatic heterocycles. The molecule has 7 nitrogen and oxygen atoms in total. The van der Waals surface area contributed by atoms with Gasteiger partial charge in [-0.05, 0) is 31.5 Å². The second-order valence-electron chi connectivity index (χ2n) is 6.78. The Kier molecular flexibility index (Phi) is 7.27. The summed E-state index contributed by atoms with van der Waals surface area (Å²) in [4.78, 5) is 10.7. The Morgan fingerprint density at radius 2 is 2.03 bits per heavy atom. The van der Waals surface area contributed by atoms with Gasteiger partial charge in [-0.2, -0.15) is 22.5 Å². The number of hydrogen-bond acceptors (Lipinski definition) is 7. The maximum absolute atomic E-state index is 13.1. The molecule has 164 valence electrons. The van der Waals surface area contributed by atoms with E-state index in [1.807, 2.05) is 0 Å². The van der Waals surface area contributed by atoms with Crippen molar-refractivity contribution in [3.05, 3.63) is 36.0 Å². The number of morpholine rings is 1. The summed E-state index contributed by atoms with van der Waals surface area (Å²) < 4.78 is 60.1. The number of benzene rings is 1. The summed E-state index contributed by atoms with van der Waals surface area (Å²) in [7, 11) is 0. The molecule has 1 fully saturated rings. The van der Waals surface area contributed by atoms with Crippen LogP contribution in [-0.4, -0.2) is 60.2 Å². The van der Waals surface area contributed by atoms with Gasteiger partial charge in [0.2, 0.25) is 5.95 Å². The number of ether oxygens (including phenoxy) is 2. The lowest BCUT2D eigenvalue weighted by molar-refractivity contribution is -0.253. The number of hydrogen-bond donors (Lipinski definition) is 2. The zero-order valence-corrected chi connectivity index (χ0v) is 16.2. The van der Waals surface area contributed by atoms with Crippen LogP contribution in [0.5, 0.6) is 5.75 Å². The Balaban J connectivity index is 1.57. The van der Waals surface area contributed by atoms with Crippen molar-refractivity contribution in [2.75, 3.05) is 43.9 Å². The Hall–Kier alpha value is -2.66. The Labute approximate surface area is 171 Å². The summed E-state index contributed by atoms with van der Waals surface area (Å²) in [5.41, 5.74) is 7.11. The van der Waals surface area contributed by atoms with Gasteiger partial charge in [0.25, 0.3) is 0 Å². The third kappa shape index (κ3) is 6.17. The second kappa shape index (κ2) is 9.90. The van der Waals surface area contributed by atoms with Crippen LogP contribution in [0.3, 0.4) is 0 Å². The Morgan fingerprint density at radius 1 is 1.27 bits per heavy atom. The minimum atomic E-state index is -4.58. The van der Waals surface area contributed by atoms with Gasteiger partial charge in [-0.3, -0.25) is 4.90 Å². The first-order valence-corrected chi connectivity index (χ1v) is 9.47. The average molecular weight is 429 g/mol. The smallest absolute Gasteiger partial charge is 0.428 e. The zero-order chi connectivity index (χ0) is 21.6. The predicted octanol–water partition coefficient (Wildman–Crippen LogP) is 3.30. The topological polar surface area (TPSA) is 85.5 Å². The lowest BCUT2D eigenvalue weighted by atomic mass is 10.1. The highest BCUT2D eigenvalue weighted by molar-refractivity contribution is 5.57. The summed E-state index contributed by atoms with van der Waals surface area (Å²) in [6.45, 7) is 4.26. The van der Waals surface area contributed by atoms with Crippen molar-refractivity contribution in [1.29, 1.82) is 0 Å². The van der Waals surface area contributed by atoms with E-state index < -0.39 is 18.3 Å². The minimum Gasteiger partial charge on any atom is -0.428 e. The summed E-state index contributed by atoms with van der Waals surface area (Å²) in [5.74, 6) is 0.0475. The van der Waals surface area contributed by atoms with E-state index in [1.165, 1.54) is 12.1 Å². The van der Waals surface area contributed by atoms with Crippen LogP contribution in [-0.2, 0) is 11.2 Å². The molecule has 2 aromatic rings. The number of aryl methyl sites for hydroxylation is 1. The van der Waals surface area contributed by atoms with Crippen LogP contribution in [0.2, 0.25) is 0 Å². The fraction of sp³-hybridized carbons (Fsp3) is 0.474. The van der Waals surface area contributed by atoms with E-state index >= 15 is 0 Å². The number of anilines is 3. The molecule has 1 aliphatic heterocycles. The maximum atomic E-state index is 13.1. The van der Waals surface area contributed by atoms with Gasteiger partial charge in [-0.25, -0.2) is 4.98 Å². The Morgan fingerprint density at radius 3 is 2.73 bits per heavy atom. The molecule has 0 radical (unpaired) electrons. The first-order valence-electron chi connectivity index (χ1n) is 9.47. The number of alkyl halides is 4. The standard InChI is InChI=1S/C19H23F4N5O2/c20-17(21)19(22,23)30-15-5-1-4-14(11-15)26-18-25-12-13(16(24)27-18)3-2-6-28-7-9-29-10-8-28/h1,4-5,11-12,17H,2-3,6-10H2,(H3,24,25,26,27). The highest BCUT2D eigenvalue weighted by Gasteiger charge is 2.44. The summed E-state index contributed by atoms with van der Waals surface area (Å²) in [6, 6.07) is 5.20. The zero-order valence-electron chi connectivity index (χ0n) is 16.2. The molecule has 0 atom stereocenters. The van der Waals surface area contributed by atoms with E-state index in [4.69, 9.17) is 10.5 Å². The normalized spacial score (nSPS) is 15.4. The van der Waals surface area contributed by atoms with Gasteiger partial charge in [0.15, 0.2) is 0 Å². The van der Waals surface area contributed by atoms with E-state index in [1.54, 1.807) is 6.20 Å². The predicted molar refractivity (Wildman–Crippen MR) is 103 cm³/mol. The highest BCUT2D eigenvalue weighted by Crippen LogP contribution is 2.29. The molecule has 0 saturated carbocycles. The van der Waals surface area contributed by atoms with Crippen molar-refractivity contribution in [3.63, 3.8) is 0 Å². The van der Waals surface area contributed by atoms with E-state index in [2.05, 4.69) is 24.9 Å². The van der Waals surface area contributed by atoms with Gasteiger partial charge >= 0.3 is 12.5 Å².